The number of aromatic nitrogens is 2. The van der Waals surface area contributed by atoms with Crippen LogP contribution >= 0.6 is 27.5 Å². The smallest absolute Gasteiger partial charge is 0.264 e. The molecule has 5 heteroatoms. The Hall–Kier alpha value is -0.870. The fourth-order valence-corrected chi connectivity index (χ4v) is 1.97. The third-order valence-electron chi connectivity index (χ3n) is 2.42. The largest absolute Gasteiger partial charge is 0.320 e. The van der Waals surface area contributed by atoms with Crippen LogP contribution in [-0.4, -0.2) is 9.97 Å². The molecule has 0 unspecified atom stereocenters. The van der Waals surface area contributed by atoms with E-state index in [9.17, 15) is 4.79 Å². The number of aromatic amines is 1. The fraction of sp³-hybridized carbons (Fsp3) is 0.273. The molecule has 0 aliphatic carbocycles. The van der Waals surface area contributed by atoms with Gasteiger partial charge in [-0.15, -0.1) is 0 Å². The maximum absolute atomic E-state index is 11.5. The predicted octanol–water partition coefficient (Wildman–Crippen LogP) is 3.46. The first-order chi connectivity index (χ1) is 7.50. The van der Waals surface area contributed by atoms with Crippen LogP contribution in [0.4, 0.5) is 0 Å². The van der Waals surface area contributed by atoms with E-state index in [1.165, 1.54) is 0 Å². The molecule has 3 nitrogen and oxygen atoms in total. The summed E-state index contributed by atoms with van der Waals surface area (Å²) in [6.45, 7) is 4.14. The molecule has 0 amide bonds. The maximum atomic E-state index is 11.5. The van der Waals surface area contributed by atoms with Crippen molar-refractivity contribution in [1.82, 2.24) is 9.97 Å². The Morgan fingerprint density at radius 3 is 2.81 bits per heavy atom. The Morgan fingerprint density at radius 2 is 2.19 bits per heavy atom. The Labute approximate surface area is 106 Å². The molecule has 0 bridgehead atoms. The van der Waals surface area contributed by atoms with Crippen molar-refractivity contribution < 1.29 is 0 Å². The van der Waals surface area contributed by atoms with Crippen molar-refractivity contribution in [2.45, 2.75) is 19.8 Å². The summed E-state index contributed by atoms with van der Waals surface area (Å²) in [7, 11) is 0. The van der Waals surface area contributed by atoms with Crippen molar-refractivity contribution in [2.24, 2.45) is 0 Å². The van der Waals surface area contributed by atoms with Gasteiger partial charge in [0.05, 0.1) is 10.5 Å². The third-order valence-corrected chi connectivity index (χ3v) is 3.78. The van der Waals surface area contributed by atoms with Gasteiger partial charge in [-0.3, -0.25) is 9.78 Å². The lowest BCUT2D eigenvalue weighted by Crippen LogP contribution is -2.08. The number of fused-ring (bicyclic) bond motifs is 1. The van der Waals surface area contributed by atoms with E-state index in [1.54, 1.807) is 6.20 Å². The van der Waals surface area contributed by atoms with Crippen LogP contribution in [0.5, 0.6) is 0 Å². The molecule has 0 aromatic carbocycles. The van der Waals surface area contributed by atoms with Crippen molar-refractivity contribution in [1.29, 1.82) is 0 Å². The van der Waals surface area contributed by atoms with Gasteiger partial charge in [0.2, 0.25) is 0 Å². The SMILES string of the molecule is CC(C)c1cnc2c(Cl)c(Br)c(=O)[nH]c2c1. The van der Waals surface area contributed by atoms with E-state index in [4.69, 9.17) is 11.6 Å². The van der Waals surface area contributed by atoms with Crippen LogP contribution in [-0.2, 0) is 0 Å². The van der Waals surface area contributed by atoms with Crippen LogP contribution in [0.2, 0.25) is 5.02 Å². The number of hydrogen-bond acceptors (Lipinski definition) is 2. The van der Waals surface area contributed by atoms with E-state index in [0.717, 1.165) is 5.56 Å². The van der Waals surface area contributed by atoms with Crippen molar-refractivity contribution in [3.63, 3.8) is 0 Å². The maximum Gasteiger partial charge on any atom is 0.264 e. The Kier molecular flexibility index (Phi) is 3.04. The molecule has 2 rings (SSSR count). The van der Waals surface area contributed by atoms with Crippen molar-refractivity contribution in [2.75, 3.05) is 0 Å². The molecule has 2 aromatic heterocycles. The summed E-state index contributed by atoms with van der Waals surface area (Å²) in [6.07, 6.45) is 1.78. The molecule has 0 saturated carbocycles. The number of pyridine rings is 2. The van der Waals surface area contributed by atoms with Crippen molar-refractivity contribution >= 4 is 38.6 Å². The Morgan fingerprint density at radius 1 is 1.50 bits per heavy atom. The summed E-state index contributed by atoms with van der Waals surface area (Å²) < 4.78 is 0.325. The van der Waals surface area contributed by atoms with Crippen LogP contribution < -0.4 is 5.56 Å². The van der Waals surface area contributed by atoms with Crippen molar-refractivity contribution in [3.8, 4) is 0 Å². The second-order valence-corrected chi connectivity index (χ2v) is 5.07. The van der Waals surface area contributed by atoms with E-state index in [-0.39, 0.29) is 5.56 Å². The summed E-state index contributed by atoms with van der Waals surface area (Å²) in [5, 5.41) is 0.356. The molecule has 2 heterocycles. The van der Waals surface area contributed by atoms with E-state index in [1.807, 2.05) is 6.07 Å². The molecule has 0 atom stereocenters. The van der Waals surface area contributed by atoms with Gasteiger partial charge in [-0.25, -0.2) is 0 Å². The fourth-order valence-electron chi connectivity index (χ4n) is 1.45. The second kappa shape index (κ2) is 4.18. The molecule has 84 valence electrons. The molecular formula is C11H10BrClN2O. The lowest BCUT2D eigenvalue weighted by molar-refractivity contribution is 0.861. The normalized spacial score (nSPS) is 11.3. The standard InChI is InChI=1S/C11H10BrClN2O/c1-5(2)6-3-7-10(14-4-6)9(13)8(12)11(16)15-7/h3-5H,1-2H3,(H,15,16). The van der Waals surface area contributed by atoms with Gasteiger partial charge in [0.15, 0.2) is 0 Å². The number of halogens is 2. The highest BCUT2D eigenvalue weighted by Crippen LogP contribution is 2.26. The summed E-state index contributed by atoms with van der Waals surface area (Å²) >= 11 is 9.17. The number of nitrogens with one attached hydrogen (secondary N) is 1. The summed E-state index contributed by atoms with van der Waals surface area (Å²) in [5.74, 6) is 0.364. The Balaban J connectivity index is 2.81. The molecule has 1 N–H and O–H groups in total. The van der Waals surface area contributed by atoms with Crippen molar-refractivity contribution in [3.05, 3.63) is 37.7 Å². The zero-order valence-electron chi connectivity index (χ0n) is 8.84. The first kappa shape index (κ1) is 11.6. The van der Waals surface area contributed by atoms with Gasteiger partial charge in [0.1, 0.15) is 9.99 Å². The minimum atomic E-state index is -0.236. The molecule has 0 spiro atoms. The lowest BCUT2D eigenvalue weighted by atomic mass is 10.1. The highest BCUT2D eigenvalue weighted by Gasteiger charge is 2.10. The molecule has 2 aromatic rings. The predicted molar refractivity (Wildman–Crippen MR) is 69.2 cm³/mol. The van der Waals surface area contributed by atoms with Gasteiger partial charge in [-0.1, -0.05) is 25.4 Å². The van der Waals surface area contributed by atoms with E-state index >= 15 is 0 Å². The molecule has 0 saturated heterocycles. The molecular weight excluding hydrogens is 291 g/mol. The van der Waals surface area contributed by atoms with Gasteiger partial charge in [0.25, 0.3) is 5.56 Å². The summed E-state index contributed by atoms with van der Waals surface area (Å²) in [6, 6.07) is 1.91. The average molecular weight is 302 g/mol. The lowest BCUT2D eigenvalue weighted by Gasteiger charge is -2.07. The summed E-state index contributed by atoms with van der Waals surface area (Å²) in [5.41, 5.74) is 2.11. The van der Waals surface area contributed by atoms with Crippen LogP contribution in [0.1, 0.15) is 25.3 Å². The van der Waals surface area contributed by atoms with Gasteiger partial charge in [0, 0.05) is 6.20 Å². The highest BCUT2D eigenvalue weighted by atomic mass is 79.9. The molecule has 0 aliphatic heterocycles. The van der Waals surface area contributed by atoms with Crippen LogP contribution in [0.3, 0.4) is 0 Å². The minimum Gasteiger partial charge on any atom is -0.320 e. The Bertz CT molecular complexity index is 607. The van der Waals surface area contributed by atoms with Gasteiger partial charge >= 0.3 is 0 Å². The van der Waals surface area contributed by atoms with Crippen LogP contribution in [0, 0.1) is 0 Å². The zero-order valence-corrected chi connectivity index (χ0v) is 11.2. The average Bonchev–Trinajstić information content (AvgIpc) is 2.25. The number of H-pyrrole nitrogens is 1. The number of hydrogen-bond donors (Lipinski definition) is 1. The zero-order chi connectivity index (χ0) is 11.9. The first-order valence-electron chi connectivity index (χ1n) is 4.87. The molecule has 0 radical (unpaired) electrons. The minimum absolute atomic E-state index is 0.236. The summed E-state index contributed by atoms with van der Waals surface area (Å²) in [4.78, 5) is 18.5. The topological polar surface area (TPSA) is 45.8 Å². The van der Waals surface area contributed by atoms with Crippen LogP contribution in [0.25, 0.3) is 11.0 Å². The van der Waals surface area contributed by atoms with Crippen LogP contribution in [0.15, 0.2) is 21.5 Å². The molecule has 0 fully saturated rings. The van der Waals surface area contributed by atoms with E-state index in [2.05, 4.69) is 39.7 Å². The molecule has 16 heavy (non-hydrogen) atoms. The monoisotopic (exact) mass is 300 g/mol. The van der Waals surface area contributed by atoms with E-state index < -0.39 is 0 Å². The number of nitrogens with zero attached hydrogens (tertiary/aromatic N) is 1. The number of rotatable bonds is 1. The highest BCUT2D eigenvalue weighted by molar-refractivity contribution is 9.10. The first-order valence-corrected chi connectivity index (χ1v) is 6.04. The van der Waals surface area contributed by atoms with Gasteiger partial charge in [-0.2, -0.15) is 0 Å². The van der Waals surface area contributed by atoms with Gasteiger partial charge < -0.3 is 4.98 Å². The van der Waals surface area contributed by atoms with Gasteiger partial charge in [-0.05, 0) is 33.5 Å². The third kappa shape index (κ3) is 1.87. The van der Waals surface area contributed by atoms with E-state index in [0.29, 0.717) is 26.4 Å². The molecule has 0 aliphatic rings. The second-order valence-electron chi connectivity index (χ2n) is 3.90. The quantitative estimate of drug-likeness (QED) is 0.876.